The molecule has 0 radical (unpaired) electrons. The summed E-state index contributed by atoms with van der Waals surface area (Å²) in [6, 6.07) is 6.69. The van der Waals surface area contributed by atoms with Crippen LogP contribution in [0.2, 0.25) is 0 Å². The molecule has 1 rings (SSSR count). The standard InChI is InChI=1S/C18H27NO4/c1-13(2)12-14(3)23-11-9-17(20)19-10-8-15-4-6-16(7-5-15)18(21)22/h4-7,13-14H,8-12H2,1-3H3,(H,19,20)(H,21,22). The molecule has 128 valence electrons. The monoisotopic (exact) mass is 321 g/mol. The van der Waals surface area contributed by atoms with Crippen molar-refractivity contribution < 1.29 is 19.4 Å². The first-order valence-electron chi connectivity index (χ1n) is 8.09. The minimum atomic E-state index is -0.934. The van der Waals surface area contributed by atoms with E-state index < -0.39 is 5.97 Å². The number of ether oxygens (including phenoxy) is 1. The highest BCUT2D eigenvalue weighted by Crippen LogP contribution is 2.07. The average Bonchev–Trinajstić information content (AvgIpc) is 2.47. The summed E-state index contributed by atoms with van der Waals surface area (Å²) in [5.41, 5.74) is 1.27. The maximum atomic E-state index is 11.7. The fourth-order valence-electron chi connectivity index (χ4n) is 2.33. The first-order chi connectivity index (χ1) is 10.9. The first-order valence-corrected chi connectivity index (χ1v) is 8.09. The van der Waals surface area contributed by atoms with Gasteiger partial charge in [0.1, 0.15) is 0 Å². The van der Waals surface area contributed by atoms with E-state index in [1.165, 1.54) is 0 Å². The van der Waals surface area contributed by atoms with Crippen molar-refractivity contribution in [3.05, 3.63) is 35.4 Å². The number of hydrogen-bond acceptors (Lipinski definition) is 3. The van der Waals surface area contributed by atoms with Gasteiger partial charge in [-0.2, -0.15) is 0 Å². The van der Waals surface area contributed by atoms with Crippen molar-refractivity contribution in [1.29, 1.82) is 0 Å². The Hall–Kier alpha value is -1.88. The van der Waals surface area contributed by atoms with Crippen molar-refractivity contribution in [1.82, 2.24) is 5.32 Å². The van der Waals surface area contributed by atoms with E-state index in [1.54, 1.807) is 24.3 Å². The number of nitrogens with one attached hydrogen (secondary N) is 1. The van der Waals surface area contributed by atoms with Crippen LogP contribution >= 0.6 is 0 Å². The highest BCUT2D eigenvalue weighted by atomic mass is 16.5. The Morgan fingerprint density at radius 2 is 1.83 bits per heavy atom. The molecule has 0 aliphatic rings. The van der Waals surface area contributed by atoms with Gasteiger partial charge in [0.05, 0.1) is 18.3 Å². The fourth-order valence-corrected chi connectivity index (χ4v) is 2.33. The molecule has 0 bridgehead atoms. The largest absolute Gasteiger partial charge is 0.478 e. The van der Waals surface area contributed by atoms with Crippen LogP contribution < -0.4 is 5.32 Å². The Balaban J connectivity index is 2.17. The minimum Gasteiger partial charge on any atom is -0.478 e. The summed E-state index contributed by atoms with van der Waals surface area (Å²) >= 11 is 0. The molecule has 2 N–H and O–H groups in total. The van der Waals surface area contributed by atoms with Crippen LogP contribution in [0.15, 0.2) is 24.3 Å². The van der Waals surface area contributed by atoms with Gasteiger partial charge in [0.15, 0.2) is 0 Å². The van der Waals surface area contributed by atoms with Crippen molar-refractivity contribution in [2.75, 3.05) is 13.2 Å². The zero-order chi connectivity index (χ0) is 17.2. The molecule has 5 nitrogen and oxygen atoms in total. The lowest BCUT2D eigenvalue weighted by molar-refractivity contribution is -0.122. The van der Waals surface area contributed by atoms with Crippen LogP contribution in [0.25, 0.3) is 0 Å². The molecule has 0 aromatic heterocycles. The number of rotatable bonds is 10. The van der Waals surface area contributed by atoms with Gasteiger partial charge in [0.2, 0.25) is 5.91 Å². The van der Waals surface area contributed by atoms with E-state index >= 15 is 0 Å². The molecule has 5 heteroatoms. The van der Waals surface area contributed by atoms with Crippen molar-refractivity contribution in [3.63, 3.8) is 0 Å². The second-order valence-electron chi connectivity index (χ2n) is 6.16. The number of amides is 1. The summed E-state index contributed by atoms with van der Waals surface area (Å²) in [5, 5.41) is 11.7. The smallest absolute Gasteiger partial charge is 0.335 e. The molecule has 1 unspecified atom stereocenters. The highest BCUT2D eigenvalue weighted by Gasteiger charge is 2.07. The Bertz CT molecular complexity index is 496. The van der Waals surface area contributed by atoms with Crippen LogP contribution in [0.3, 0.4) is 0 Å². The van der Waals surface area contributed by atoms with E-state index in [0.717, 1.165) is 12.0 Å². The maximum absolute atomic E-state index is 11.7. The molecular formula is C18H27NO4. The summed E-state index contributed by atoms with van der Waals surface area (Å²) in [4.78, 5) is 22.5. The molecule has 1 aromatic rings. The molecule has 1 atom stereocenters. The highest BCUT2D eigenvalue weighted by molar-refractivity contribution is 5.87. The average molecular weight is 321 g/mol. The van der Waals surface area contributed by atoms with Crippen LogP contribution in [0.4, 0.5) is 0 Å². The van der Waals surface area contributed by atoms with Crippen LogP contribution in [0, 0.1) is 5.92 Å². The number of carbonyl (C=O) groups is 2. The van der Waals surface area contributed by atoms with Crippen LogP contribution in [0.1, 0.15) is 49.5 Å². The van der Waals surface area contributed by atoms with Crippen LogP contribution in [-0.4, -0.2) is 36.2 Å². The summed E-state index contributed by atoms with van der Waals surface area (Å²) in [5.74, 6) is -0.369. The van der Waals surface area contributed by atoms with Crippen LogP contribution in [0.5, 0.6) is 0 Å². The van der Waals surface area contributed by atoms with Gasteiger partial charge >= 0.3 is 5.97 Å². The van der Waals surface area contributed by atoms with Gasteiger partial charge in [-0.1, -0.05) is 26.0 Å². The molecule has 23 heavy (non-hydrogen) atoms. The maximum Gasteiger partial charge on any atom is 0.335 e. The minimum absolute atomic E-state index is 0.0242. The summed E-state index contributed by atoms with van der Waals surface area (Å²) in [7, 11) is 0. The van der Waals surface area contributed by atoms with E-state index in [0.29, 0.717) is 31.9 Å². The number of carboxylic acid groups (broad SMARTS) is 1. The first kappa shape index (κ1) is 19.2. The predicted molar refractivity (Wildman–Crippen MR) is 89.6 cm³/mol. The second-order valence-corrected chi connectivity index (χ2v) is 6.16. The summed E-state index contributed by atoms with van der Waals surface area (Å²) in [6.45, 7) is 7.30. The van der Waals surface area contributed by atoms with Gasteiger partial charge in [0, 0.05) is 13.0 Å². The van der Waals surface area contributed by atoms with Gasteiger partial charge in [-0.25, -0.2) is 4.79 Å². The van der Waals surface area contributed by atoms with Gasteiger partial charge in [-0.3, -0.25) is 4.79 Å². The van der Waals surface area contributed by atoms with Gasteiger partial charge in [0.25, 0.3) is 0 Å². The van der Waals surface area contributed by atoms with Gasteiger partial charge < -0.3 is 15.2 Å². The van der Waals surface area contributed by atoms with Crippen molar-refractivity contribution in [3.8, 4) is 0 Å². The van der Waals surface area contributed by atoms with Crippen LogP contribution in [-0.2, 0) is 16.0 Å². The van der Waals surface area contributed by atoms with E-state index in [4.69, 9.17) is 9.84 Å². The molecule has 0 aliphatic heterocycles. The lowest BCUT2D eigenvalue weighted by Gasteiger charge is -2.14. The number of hydrogen-bond donors (Lipinski definition) is 2. The summed E-state index contributed by atoms with van der Waals surface area (Å²) in [6.07, 6.45) is 2.21. The Morgan fingerprint density at radius 1 is 1.17 bits per heavy atom. The molecule has 0 spiro atoms. The van der Waals surface area contributed by atoms with Gasteiger partial charge in [-0.05, 0) is 43.4 Å². The van der Waals surface area contributed by atoms with Crippen molar-refractivity contribution in [2.24, 2.45) is 5.92 Å². The van der Waals surface area contributed by atoms with Crippen molar-refractivity contribution >= 4 is 11.9 Å². The Morgan fingerprint density at radius 3 is 2.39 bits per heavy atom. The Labute approximate surface area is 138 Å². The molecule has 1 amide bonds. The summed E-state index contributed by atoms with van der Waals surface area (Å²) < 4.78 is 5.61. The predicted octanol–water partition coefficient (Wildman–Crippen LogP) is 2.88. The molecular weight excluding hydrogens is 294 g/mol. The van der Waals surface area contributed by atoms with Gasteiger partial charge in [-0.15, -0.1) is 0 Å². The zero-order valence-corrected chi connectivity index (χ0v) is 14.2. The second kappa shape index (κ2) is 10.0. The molecule has 0 aliphatic carbocycles. The molecule has 0 fully saturated rings. The number of benzene rings is 1. The van der Waals surface area contributed by atoms with E-state index in [2.05, 4.69) is 19.2 Å². The quantitative estimate of drug-likeness (QED) is 0.695. The van der Waals surface area contributed by atoms with Crippen molar-refractivity contribution in [2.45, 2.75) is 46.1 Å². The lowest BCUT2D eigenvalue weighted by Crippen LogP contribution is -2.27. The molecule has 0 saturated heterocycles. The SMILES string of the molecule is CC(C)CC(C)OCCC(=O)NCCc1ccc(C(=O)O)cc1. The normalized spacial score (nSPS) is 12.2. The zero-order valence-electron chi connectivity index (χ0n) is 14.2. The topological polar surface area (TPSA) is 75.6 Å². The lowest BCUT2D eigenvalue weighted by atomic mass is 10.1. The third kappa shape index (κ3) is 8.35. The van der Waals surface area contributed by atoms with E-state index in [9.17, 15) is 9.59 Å². The third-order valence-corrected chi connectivity index (χ3v) is 3.47. The molecule has 1 aromatic carbocycles. The number of carboxylic acids is 1. The van der Waals surface area contributed by atoms with E-state index in [1.807, 2.05) is 6.92 Å². The molecule has 0 heterocycles. The van der Waals surface area contributed by atoms with E-state index in [-0.39, 0.29) is 17.6 Å². The fraction of sp³-hybridized carbons (Fsp3) is 0.556. The third-order valence-electron chi connectivity index (χ3n) is 3.47. The molecule has 0 saturated carbocycles. The number of aromatic carboxylic acids is 1. The number of carbonyl (C=O) groups excluding carboxylic acids is 1. The Kier molecular flexibility index (Phi) is 8.33.